The maximum absolute atomic E-state index is 12.4. The van der Waals surface area contributed by atoms with Crippen LogP contribution in [0.25, 0.3) is 0 Å². The summed E-state index contributed by atoms with van der Waals surface area (Å²) >= 11 is 0. The first-order valence-corrected chi connectivity index (χ1v) is 10.1. The molecule has 1 fully saturated rings. The summed E-state index contributed by atoms with van der Waals surface area (Å²) < 4.78 is 7.49. The fourth-order valence-corrected chi connectivity index (χ4v) is 3.76. The van der Waals surface area contributed by atoms with Crippen molar-refractivity contribution in [2.75, 3.05) is 13.1 Å². The zero-order valence-corrected chi connectivity index (χ0v) is 16.7. The van der Waals surface area contributed by atoms with Gasteiger partial charge in [-0.3, -0.25) is 0 Å². The molecule has 3 aromatic rings. The van der Waals surface area contributed by atoms with Crippen LogP contribution in [-0.2, 0) is 17.8 Å². The second kappa shape index (κ2) is 8.90. The molecule has 2 heterocycles. The topological polar surface area (TPSA) is 60.2 Å². The van der Waals surface area contributed by atoms with E-state index in [0.717, 1.165) is 36.5 Å². The van der Waals surface area contributed by atoms with Crippen LogP contribution in [0.15, 0.2) is 60.7 Å². The molecule has 1 saturated heterocycles. The molecule has 0 unspecified atom stereocenters. The Morgan fingerprint density at radius 2 is 1.62 bits per heavy atom. The molecule has 0 spiro atoms. The first kappa shape index (κ1) is 19.2. The highest BCUT2D eigenvalue weighted by atomic mass is 16.6. The molecule has 0 bridgehead atoms. The van der Waals surface area contributed by atoms with Crippen LogP contribution in [0.4, 0.5) is 4.79 Å². The molecule has 1 aliphatic rings. The van der Waals surface area contributed by atoms with E-state index in [1.807, 2.05) is 60.1 Å². The average Bonchev–Trinajstić information content (AvgIpc) is 3.13. The van der Waals surface area contributed by atoms with E-state index >= 15 is 0 Å². The molecule has 0 saturated carbocycles. The van der Waals surface area contributed by atoms with Crippen LogP contribution in [0.5, 0.6) is 0 Å². The van der Waals surface area contributed by atoms with Gasteiger partial charge in [-0.2, -0.15) is 5.10 Å². The normalized spacial score (nSPS) is 14.7. The molecule has 4 rings (SSSR count). The van der Waals surface area contributed by atoms with Crippen molar-refractivity contribution >= 4 is 6.09 Å². The van der Waals surface area contributed by atoms with Gasteiger partial charge < -0.3 is 9.64 Å². The van der Waals surface area contributed by atoms with Gasteiger partial charge in [0.25, 0.3) is 0 Å². The van der Waals surface area contributed by atoms with Crippen molar-refractivity contribution < 1.29 is 9.53 Å². The summed E-state index contributed by atoms with van der Waals surface area (Å²) in [5, 5.41) is 4.75. The number of nitrogens with zero attached hydrogens (tertiary/aromatic N) is 4. The van der Waals surface area contributed by atoms with E-state index in [-0.39, 0.29) is 12.1 Å². The molecule has 0 atom stereocenters. The van der Waals surface area contributed by atoms with E-state index in [1.54, 1.807) is 4.90 Å². The fraction of sp³-hybridized carbons (Fsp3) is 0.348. The number of hydrogen-bond donors (Lipinski definition) is 0. The lowest BCUT2D eigenvalue weighted by molar-refractivity contribution is 0.0819. The number of rotatable bonds is 5. The van der Waals surface area contributed by atoms with Crippen LogP contribution < -0.4 is 0 Å². The van der Waals surface area contributed by atoms with Crippen molar-refractivity contribution in [3.63, 3.8) is 0 Å². The molecule has 2 aromatic carbocycles. The molecular formula is C23H26N4O2. The Labute approximate surface area is 171 Å². The Balaban J connectivity index is 1.31. The lowest BCUT2D eigenvalue weighted by Crippen LogP contribution is -2.39. The maximum atomic E-state index is 12.4. The Morgan fingerprint density at radius 3 is 2.28 bits per heavy atom. The van der Waals surface area contributed by atoms with Crippen LogP contribution in [0.3, 0.4) is 0 Å². The summed E-state index contributed by atoms with van der Waals surface area (Å²) in [5.41, 5.74) is 2.21. The van der Waals surface area contributed by atoms with Gasteiger partial charge in [-0.15, -0.1) is 0 Å². The van der Waals surface area contributed by atoms with Crippen LogP contribution >= 0.6 is 0 Å². The van der Waals surface area contributed by atoms with Crippen LogP contribution in [0.2, 0.25) is 0 Å². The van der Waals surface area contributed by atoms with Gasteiger partial charge >= 0.3 is 6.09 Å². The average molecular weight is 390 g/mol. The van der Waals surface area contributed by atoms with Gasteiger partial charge in [0, 0.05) is 19.5 Å². The standard InChI is InChI=1S/C23H26N4O2/c1-18-24-22(16-19-8-4-2-5-9-19)25-27(18)21-12-14-26(15-13-21)23(28)29-17-20-10-6-3-7-11-20/h2-11,21H,12-17H2,1H3. The lowest BCUT2D eigenvalue weighted by Gasteiger charge is -2.31. The van der Waals surface area contributed by atoms with E-state index < -0.39 is 0 Å². The summed E-state index contributed by atoms with van der Waals surface area (Å²) in [6.07, 6.45) is 2.21. The molecule has 1 aromatic heterocycles. The largest absolute Gasteiger partial charge is 0.445 e. The number of hydrogen-bond acceptors (Lipinski definition) is 4. The van der Waals surface area contributed by atoms with E-state index in [9.17, 15) is 4.79 Å². The quantitative estimate of drug-likeness (QED) is 0.657. The van der Waals surface area contributed by atoms with Crippen LogP contribution in [0.1, 0.15) is 41.7 Å². The number of likely N-dealkylation sites (tertiary alicyclic amines) is 1. The Bertz CT molecular complexity index is 932. The van der Waals surface area contributed by atoms with Crippen molar-refractivity contribution in [3.05, 3.63) is 83.4 Å². The molecule has 0 N–H and O–H groups in total. The highest BCUT2D eigenvalue weighted by Gasteiger charge is 2.26. The van der Waals surface area contributed by atoms with Gasteiger partial charge in [0.15, 0.2) is 5.82 Å². The molecule has 29 heavy (non-hydrogen) atoms. The van der Waals surface area contributed by atoms with Crippen LogP contribution in [0, 0.1) is 6.92 Å². The monoisotopic (exact) mass is 390 g/mol. The predicted octanol–water partition coefficient (Wildman–Crippen LogP) is 4.15. The van der Waals surface area contributed by atoms with E-state index in [4.69, 9.17) is 9.84 Å². The van der Waals surface area contributed by atoms with E-state index in [2.05, 4.69) is 17.1 Å². The third kappa shape index (κ3) is 4.83. The SMILES string of the molecule is Cc1nc(Cc2ccccc2)nn1C1CCN(C(=O)OCc2ccccc2)CC1. The minimum atomic E-state index is -0.243. The number of benzene rings is 2. The van der Waals surface area contributed by atoms with Crippen molar-refractivity contribution in [1.29, 1.82) is 0 Å². The number of carbonyl (C=O) groups excluding carboxylic acids is 1. The van der Waals surface area contributed by atoms with Gasteiger partial charge in [0.2, 0.25) is 0 Å². The van der Waals surface area contributed by atoms with Crippen LogP contribution in [-0.4, -0.2) is 38.8 Å². The van der Waals surface area contributed by atoms with Gasteiger partial charge in [-0.1, -0.05) is 60.7 Å². The lowest BCUT2D eigenvalue weighted by atomic mass is 10.1. The highest BCUT2D eigenvalue weighted by molar-refractivity contribution is 5.67. The number of amides is 1. The van der Waals surface area contributed by atoms with Crippen molar-refractivity contribution in [2.45, 2.75) is 38.8 Å². The zero-order valence-electron chi connectivity index (χ0n) is 16.7. The first-order valence-electron chi connectivity index (χ1n) is 10.1. The Kier molecular flexibility index (Phi) is 5.89. The predicted molar refractivity (Wildman–Crippen MR) is 110 cm³/mol. The number of carbonyl (C=O) groups is 1. The fourth-order valence-electron chi connectivity index (χ4n) is 3.76. The van der Waals surface area contributed by atoms with Gasteiger partial charge in [0.05, 0.1) is 6.04 Å². The molecule has 150 valence electrons. The maximum Gasteiger partial charge on any atom is 0.410 e. The smallest absolute Gasteiger partial charge is 0.410 e. The van der Waals surface area contributed by atoms with Gasteiger partial charge in [0.1, 0.15) is 12.4 Å². The van der Waals surface area contributed by atoms with Crippen molar-refractivity contribution in [2.24, 2.45) is 0 Å². The number of aromatic nitrogens is 3. The second-order valence-corrected chi connectivity index (χ2v) is 7.44. The van der Waals surface area contributed by atoms with Gasteiger partial charge in [-0.05, 0) is 30.9 Å². The third-order valence-electron chi connectivity index (χ3n) is 5.32. The van der Waals surface area contributed by atoms with E-state index in [1.165, 1.54) is 5.56 Å². The van der Waals surface area contributed by atoms with Crippen molar-refractivity contribution in [1.82, 2.24) is 19.7 Å². The number of aryl methyl sites for hydroxylation is 1. The summed E-state index contributed by atoms with van der Waals surface area (Å²) in [6.45, 7) is 3.66. The number of piperidine rings is 1. The summed E-state index contributed by atoms with van der Waals surface area (Å²) in [6, 6.07) is 20.3. The second-order valence-electron chi connectivity index (χ2n) is 7.44. The molecule has 1 amide bonds. The van der Waals surface area contributed by atoms with Crippen molar-refractivity contribution in [3.8, 4) is 0 Å². The molecular weight excluding hydrogens is 364 g/mol. The summed E-state index contributed by atoms with van der Waals surface area (Å²) in [7, 11) is 0. The van der Waals surface area contributed by atoms with E-state index in [0.29, 0.717) is 19.7 Å². The molecule has 1 aliphatic heterocycles. The highest BCUT2D eigenvalue weighted by Crippen LogP contribution is 2.24. The Hall–Kier alpha value is -3.15. The Morgan fingerprint density at radius 1 is 1.00 bits per heavy atom. The first-order chi connectivity index (χ1) is 14.2. The minimum Gasteiger partial charge on any atom is -0.445 e. The molecule has 0 aliphatic carbocycles. The molecule has 6 heteroatoms. The summed E-state index contributed by atoms with van der Waals surface area (Å²) in [5.74, 6) is 1.78. The van der Waals surface area contributed by atoms with Gasteiger partial charge in [-0.25, -0.2) is 14.5 Å². The minimum absolute atomic E-state index is 0.243. The zero-order chi connectivity index (χ0) is 20.1. The molecule has 0 radical (unpaired) electrons. The molecule has 6 nitrogen and oxygen atoms in total. The number of ether oxygens (including phenoxy) is 1. The third-order valence-corrected chi connectivity index (χ3v) is 5.32. The summed E-state index contributed by atoms with van der Waals surface area (Å²) in [4.78, 5) is 18.8.